The van der Waals surface area contributed by atoms with Gasteiger partial charge in [-0.15, -0.1) is 0 Å². The summed E-state index contributed by atoms with van der Waals surface area (Å²) < 4.78 is 5.52. The van der Waals surface area contributed by atoms with E-state index in [1.54, 1.807) is 0 Å². The van der Waals surface area contributed by atoms with Crippen LogP contribution in [0.25, 0.3) is 0 Å². The molecule has 1 aliphatic heterocycles. The molecule has 1 fully saturated rings. The lowest BCUT2D eigenvalue weighted by Gasteiger charge is -2.34. The van der Waals surface area contributed by atoms with Gasteiger partial charge in [-0.3, -0.25) is 4.90 Å². The molecule has 2 atom stereocenters. The van der Waals surface area contributed by atoms with E-state index < -0.39 is 0 Å². The van der Waals surface area contributed by atoms with Crippen molar-refractivity contribution >= 4 is 0 Å². The van der Waals surface area contributed by atoms with Crippen molar-refractivity contribution in [3.63, 3.8) is 0 Å². The lowest BCUT2D eigenvalue weighted by Crippen LogP contribution is -2.46. The van der Waals surface area contributed by atoms with Crippen LogP contribution in [0.4, 0.5) is 0 Å². The Bertz CT molecular complexity index is 109. The van der Waals surface area contributed by atoms with Gasteiger partial charge in [0.2, 0.25) is 0 Å². The Morgan fingerprint density at radius 2 is 1.91 bits per heavy atom. The number of ether oxygens (including phenoxy) is 1. The number of hydrogen-bond acceptors (Lipinski definition) is 2. The normalized spacial score (nSPS) is 34.1. The number of nitrogens with zero attached hydrogens (tertiary/aromatic N) is 1. The lowest BCUT2D eigenvalue weighted by atomic mass is 10.2. The van der Waals surface area contributed by atoms with Crippen LogP contribution in [-0.4, -0.2) is 43.3 Å². The summed E-state index contributed by atoms with van der Waals surface area (Å²) in [4.78, 5) is 2.17. The van der Waals surface area contributed by atoms with Gasteiger partial charge >= 0.3 is 0 Å². The molecule has 1 rings (SSSR count). The quantitative estimate of drug-likeness (QED) is 0.587. The predicted molar refractivity (Wildman–Crippen MR) is 42.0 cm³/mol. The molecule has 1 radical (unpaired) electrons. The van der Waals surface area contributed by atoms with Crippen LogP contribution in [0, 0.1) is 0 Å². The van der Waals surface area contributed by atoms with Gasteiger partial charge in [0, 0.05) is 19.6 Å². The van der Waals surface area contributed by atoms with Gasteiger partial charge in [-0.2, -0.15) is 0 Å². The molecule has 0 aromatic carbocycles. The highest BCUT2D eigenvalue weighted by atomic mass is 16.5. The van der Waals surface area contributed by atoms with E-state index in [4.69, 9.17) is 4.74 Å². The molecule has 3 nitrogen and oxygen atoms in total. The summed E-state index contributed by atoms with van der Waals surface area (Å²) in [6, 6.07) is 0. The van der Waals surface area contributed by atoms with Crippen molar-refractivity contribution in [2.45, 2.75) is 26.1 Å². The van der Waals surface area contributed by atoms with Crippen LogP contribution in [0.1, 0.15) is 13.8 Å². The zero-order chi connectivity index (χ0) is 8.27. The first-order valence-electron chi connectivity index (χ1n) is 4.18. The second-order valence-electron chi connectivity index (χ2n) is 3.22. The molecular formula is C8H16NO2. The van der Waals surface area contributed by atoms with Crippen LogP contribution in [0.3, 0.4) is 0 Å². The highest BCUT2D eigenvalue weighted by molar-refractivity contribution is 4.72. The van der Waals surface area contributed by atoms with Crippen molar-refractivity contribution in [3.05, 3.63) is 0 Å². The molecule has 11 heavy (non-hydrogen) atoms. The molecule has 1 aliphatic rings. The van der Waals surface area contributed by atoms with Gasteiger partial charge in [-0.25, -0.2) is 5.11 Å². The summed E-state index contributed by atoms with van der Waals surface area (Å²) in [7, 11) is 0. The predicted octanol–water partition coefficient (Wildman–Crippen LogP) is 0.526. The topological polar surface area (TPSA) is 32.4 Å². The first-order chi connectivity index (χ1) is 5.22. The molecule has 65 valence electrons. The van der Waals surface area contributed by atoms with Crippen LogP contribution in [0.5, 0.6) is 0 Å². The van der Waals surface area contributed by atoms with Gasteiger partial charge in [-0.05, 0) is 13.8 Å². The lowest BCUT2D eigenvalue weighted by molar-refractivity contribution is -0.0724. The van der Waals surface area contributed by atoms with E-state index in [9.17, 15) is 5.11 Å². The van der Waals surface area contributed by atoms with Crippen LogP contribution in [0.2, 0.25) is 0 Å². The standard InChI is InChI=1S/C8H16NO2/c1-7-5-9(3-4-10)6-8(2)11-7/h7-8H,3-6H2,1-2H3/t7-,8+. The Kier molecular flexibility index (Phi) is 3.30. The molecule has 0 aromatic heterocycles. The van der Waals surface area contributed by atoms with E-state index in [1.807, 2.05) is 13.8 Å². The minimum absolute atomic E-state index is 0.000556. The average Bonchev–Trinajstić information content (AvgIpc) is 1.85. The van der Waals surface area contributed by atoms with Crippen molar-refractivity contribution < 1.29 is 9.84 Å². The van der Waals surface area contributed by atoms with Crippen molar-refractivity contribution in [1.82, 2.24) is 4.90 Å². The second-order valence-corrected chi connectivity index (χ2v) is 3.22. The monoisotopic (exact) mass is 158 g/mol. The second kappa shape index (κ2) is 4.04. The zero-order valence-corrected chi connectivity index (χ0v) is 7.25. The van der Waals surface area contributed by atoms with Crippen LogP contribution in [0.15, 0.2) is 0 Å². The van der Waals surface area contributed by atoms with E-state index >= 15 is 0 Å². The molecule has 3 heteroatoms. The molecule has 0 spiro atoms. The molecule has 0 aromatic rings. The Morgan fingerprint density at radius 3 is 2.36 bits per heavy atom. The number of morpholine rings is 1. The van der Waals surface area contributed by atoms with Gasteiger partial charge < -0.3 is 4.74 Å². The molecule has 1 heterocycles. The maximum Gasteiger partial charge on any atom is 0.0949 e. The zero-order valence-electron chi connectivity index (χ0n) is 7.25. The van der Waals surface area contributed by atoms with Gasteiger partial charge in [0.05, 0.1) is 18.8 Å². The largest absolute Gasteiger partial charge is 0.373 e. The average molecular weight is 158 g/mol. The van der Waals surface area contributed by atoms with E-state index in [1.165, 1.54) is 0 Å². The molecule has 0 N–H and O–H groups in total. The minimum atomic E-state index is -0.000556. The van der Waals surface area contributed by atoms with Crippen molar-refractivity contribution in [1.29, 1.82) is 0 Å². The third-order valence-corrected chi connectivity index (χ3v) is 1.90. The fourth-order valence-electron chi connectivity index (χ4n) is 1.60. The molecule has 0 bridgehead atoms. The van der Waals surface area contributed by atoms with Gasteiger partial charge in [-0.1, -0.05) is 0 Å². The Labute approximate surface area is 68.0 Å². The van der Waals surface area contributed by atoms with Gasteiger partial charge in [0.1, 0.15) is 0 Å². The molecular weight excluding hydrogens is 142 g/mol. The van der Waals surface area contributed by atoms with E-state index in [0.29, 0.717) is 6.54 Å². The first kappa shape index (κ1) is 8.97. The molecule has 0 saturated carbocycles. The third-order valence-electron chi connectivity index (χ3n) is 1.90. The molecule has 0 aliphatic carbocycles. The molecule has 1 saturated heterocycles. The van der Waals surface area contributed by atoms with Crippen LogP contribution in [-0.2, 0) is 9.84 Å². The summed E-state index contributed by atoms with van der Waals surface area (Å²) in [5, 5.41) is 10.3. The maximum absolute atomic E-state index is 10.3. The third kappa shape index (κ3) is 2.77. The van der Waals surface area contributed by atoms with Crippen molar-refractivity contribution in [3.8, 4) is 0 Å². The SMILES string of the molecule is C[C@@H]1CN(CC[O])C[C@H](C)O1. The maximum atomic E-state index is 10.3. The molecule has 0 unspecified atom stereocenters. The van der Waals surface area contributed by atoms with Gasteiger partial charge in [0.15, 0.2) is 0 Å². The van der Waals surface area contributed by atoms with Crippen LogP contribution >= 0.6 is 0 Å². The summed E-state index contributed by atoms with van der Waals surface area (Å²) in [5.41, 5.74) is 0. The summed E-state index contributed by atoms with van der Waals surface area (Å²) in [6.45, 7) is 6.58. The summed E-state index contributed by atoms with van der Waals surface area (Å²) in [5.74, 6) is 0. The van der Waals surface area contributed by atoms with Gasteiger partial charge in [0.25, 0.3) is 0 Å². The summed E-state index contributed by atoms with van der Waals surface area (Å²) in [6.07, 6.45) is 0.565. The smallest absolute Gasteiger partial charge is 0.0949 e. The Balaban J connectivity index is 2.30. The fourth-order valence-corrected chi connectivity index (χ4v) is 1.60. The van der Waals surface area contributed by atoms with E-state index in [-0.39, 0.29) is 18.8 Å². The highest BCUT2D eigenvalue weighted by Gasteiger charge is 2.21. The number of rotatable bonds is 2. The van der Waals surface area contributed by atoms with E-state index in [2.05, 4.69) is 4.90 Å². The molecule has 0 amide bonds. The highest BCUT2D eigenvalue weighted by Crippen LogP contribution is 2.09. The van der Waals surface area contributed by atoms with Crippen LogP contribution < -0.4 is 0 Å². The first-order valence-corrected chi connectivity index (χ1v) is 4.18. The minimum Gasteiger partial charge on any atom is -0.373 e. The Morgan fingerprint density at radius 1 is 1.36 bits per heavy atom. The van der Waals surface area contributed by atoms with Crippen molar-refractivity contribution in [2.75, 3.05) is 26.2 Å². The summed E-state index contributed by atoms with van der Waals surface area (Å²) >= 11 is 0. The number of hydrogen-bond donors (Lipinski definition) is 0. The van der Waals surface area contributed by atoms with Crippen molar-refractivity contribution in [2.24, 2.45) is 0 Å². The Hall–Kier alpha value is -0.120. The fraction of sp³-hybridized carbons (Fsp3) is 1.00. The van der Waals surface area contributed by atoms with E-state index in [0.717, 1.165) is 13.1 Å².